The Balaban J connectivity index is 2.47. The maximum atomic E-state index is 11.3. The lowest BCUT2D eigenvalue weighted by atomic mass is 10.1. The Labute approximate surface area is 99.2 Å². The van der Waals surface area contributed by atoms with Crippen molar-refractivity contribution in [3.8, 4) is 0 Å². The number of carbonyl (C=O) groups excluding carboxylic acids is 2. The minimum absolute atomic E-state index is 0.359. The number of hydrogen-bond donors (Lipinski definition) is 1. The third-order valence-electron chi connectivity index (χ3n) is 1.99. The first-order valence-electron chi connectivity index (χ1n) is 4.10. The van der Waals surface area contributed by atoms with Crippen molar-refractivity contribution < 1.29 is 9.59 Å². The minimum atomic E-state index is -0.388. The first kappa shape index (κ1) is 10.4. The van der Waals surface area contributed by atoms with Gasteiger partial charge < -0.3 is 0 Å². The molecule has 0 atom stereocenters. The number of amides is 2. The molecule has 1 aliphatic heterocycles. The van der Waals surface area contributed by atoms with Crippen LogP contribution in [-0.2, 0) is 9.59 Å². The van der Waals surface area contributed by atoms with Crippen molar-refractivity contribution in [2.24, 2.45) is 0 Å². The van der Waals surface area contributed by atoms with E-state index in [0.717, 1.165) is 0 Å². The predicted molar refractivity (Wildman–Crippen MR) is 60.3 cm³/mol. The average molecular weight is 287 g/mol. The second-order valence-corrected chi connectivity index (χ2v) is 4.27. The fraction of sp³-hybridized carbons (Fsp3) is 0. The van der Waals surface area contributed by atoms with Crippen LogP contribution < -0.4 is 5.32 Å². The zero-order chi connectivity index (χ0) is 11.0. The van der Waals surface area contributed by atoms with E-state index >= 15 is 0 Å². The highest BCUT2D eigenvalue weighted by atomic mass is 79.9. The Morgan fingerprint density at radius 1 is 1.27 bits per heavy atom. The summed E-state index contributed by atoms with van der Waals surface area (Å²) in [6, 6.07) is 5.06. The predicted octanol–water partition coefficient (Wildman–Crippen LogP) is 2.14. The number of imide groups is 1. The Morgan fingerprint density at radius 2 is 2.00 bits per heavy atom. The smallest absolute Gasteiger partial charge is 0.258 e. The van der Waals surface area contributed by atoms with Crippen molar-refractivity contribution in [1.29, 1.82) is 0 Å². The molecule has 0 spiro atoms. The van der Waals surface area contributed by atoms with Gasteiger partial charge in [0.15, 0.2) is 0 Å². The van der Waals surface area contributed by atoms with Crippen LogP contribution in [0.3, 0.4) is 0 Å². The number of nitrogens with one attached hydrogen (secondary N) is 1. The van der Waals surface area contributed by atoms with E-state index in [2.05, 4.69) is 21.2 Å². The number of benzene rings is 1. The van der Waals surface area contributed by atoms with Crippen LogP contribution in [-0.4, -0.2) is 11.8 Å². The summed E-state index contributed by atoms with van der Waals surface area (Å²) in [5.41, 5.74) is 1.02. The van der Waals surface area contributed by atoms with Gasteiger partial charge in [-0.2, -0.15) is 0 Å². The Kier molecular flexibility index (Phi) is 2.63. The van der Waals surface area contributed by atoms with Gasteiger partial charge in [-0.05, 0) is 33.6 Å². The molecular formula is C10H5BrClNO2. The first-order chi connectivity index (χ1) is 7.08. The molecule has 2 rings (SSSR count). The van der Waals surface area contributed by atoms with Gasteiger partial charge in [-0.1, -0.05) is 17.7 Å². The summed E-state index contributed by atoms with van der Waals surface area (Å²) in [6.07, 6.45) is 1.28. The largest absolute Gasteiger partial charge is 0.289 e. The molecular weight excluding hydrogens is 281 g/mol. The normalized spacial score (nSPS) is 15.2. The molecule has 76 valence electrons. The monoisotopic (exact) mass is 285 g/mol. The lowest BCUT2D eigenvalue weighted by Gasteiger charge is -2.02. The van der Waals surface area contributed by atoms with E-state index in [0.29, 0.717) is 20.6 Å². The van der Waals surface area contributed by atoms with Gasteiger partial charge in [-0.25, -0.2) is 0 Å². The molecule has 15 heavy (non-hydrogen) atoms. The van der Waals surface area contributed by atoms with E-state index in [-0.39, 0.29) is 11.8 Å². The number of halogens is 2. The van der Waals surface area contributed by atoms with Crippen LogP contribution >= 0.6 is 27.5 Å². The van der Waals surface area contributed by atoms with Crippen molar-refractivity contribution in [3.05, 3.63) is 39.3 Å². The molecule has 3 nitrogen and oxygen atoms in total. The summed E-state index contributed by atoms with van der Waals surface area (Å²) in [5.74, 6) is -0.768. The van der Waals surface area contributed by atoms with Gasteiger partial charge in [0.1, 0.15) is 0 Å². The summed E-state index contributed by atoms with van der Waals surface area (Å²) >= 11 is 9.07. The summed E-state index contributed by atoms with van der Waals surface area (Å²) in [7, 11) is 0. The third kappa shape index (κ3) is 1.96. The molecule has 5 heteroatoms. The molecule has 1 aromatic carbocycles. The van der Waals surface area contributed by atoms with Crippen molar-refractivity contribution in [2.45, 2.75) is 0 Å². The molecule has 1 aromatic rings. The second kappa shape index (κ2) is 3.79. The van der Waals surface area contributed by atoms with Crippen molar-refractivity contribution in [3.63, 3.8) is 0 Å². The maximum Gasteiger partial charge on any atom is 0.258 e. The van der Waals surface area contributed by atoms with Crippen LogP contribution in [0.5, 0.6) is 0 Å². The van der Waals surface area contributed by atoms with E-state index in [9.17, 15) is 9.59 Å². The topological polar surface area (TPSA) is 46.2 Å². The van der Waals surface area contributed by atoms with Gasteiger partial charge in [-0.15, -0.1) is 0 Å². The fourth-order valence-electron chi connectivity index (χ4n) is 1.29. The number of rotatable bonds is 1. The molecule has 0 aliphatic carbocycles. The first-order valence-corrected chi connectivity index (χ1v) is 5.27. The van der Waals surface area contributed by atoms with Crippen LogP contribution in [0, 0.1) is 0 Å². The molecule has 0 unspecified atom stereocenters. The third-order valence-corrected chi connectivity index (χ3v) is 3.20. The molecule has 1 heterocycles. The summed E-state index contributed by atoms with van der Waals surface area (Å²) < 4.78 is 0.690. The van der Waals surface area contributed by atoms with Crippen molar-refractivity contribution in [1.82, 2.24) is 5.32 Å². The molecule has 1 N–H and O–H groups in total. The Hall–Kier alpha value is -1.13. The zero-order valence-corrected chi connectivity index (χ0v) is 9.72. The highest BCUT2D eigenvalue weighted by molar-refractivity contribution is 9.10. The van der Waals surface area contributed by atoms with Gasteiger partial charge in [0.25, 0.3) is 11.8 Å². The Morgan fingerprint density at radius 3 is 2.53 bits per heavy atom. The molecule has 0 fully saturated rings. The number of carbonyl (C=O) groups is 2. The quantitative estimate of drug-likeness (QED) is 0.804. The van der Waals surface area contributed by atoms with Gasteiger partial charge in [0.05, 0.1) is 10.6 Å². The molecule has 1 aliphatic rings. The summed E-state index contributed by atoms with van der Waals surface area (Å²) in [4.78, 5) is 22.3. The van der Waals surface area contributed by atoms with E-state index in [1.54, 1.807) is 18.2 Å². The zero-order valence-electron chi connectivity index (χ0n) is 7.38. The minimum Gasteiger partial charge on any atom is -0.289 e. The standard InChI is InChI=1S/C10H5BrClNO2/c11-7-3-5(1-2-8(7)12)6-4-9(14)13-10(6)15/h1-4H,(H,13,14,15). The number of hydrogen-bond acceptors (Lipinski definition) is 2. The van der Waals surface area contributed by atoms with Crippen molar-refractivity contribution in [2.75, 3.05) is 0 Å². The highest BCUT2D eigenvalue weighted by Gasteiger charge is 2.22. The molecule has 0 bridgehead atoms. The van der Waals surface area contributed by atoms with E-state index in [1.165, 1.54) is 6.08 Å². The van der Waals surface area contributed by atoms with E-state index in [4.69, 9.17) is 11.6 Å². The lowest BCUT2D eigenvalue weighted by molar-refractivity contribution is -0.123. The summed E-state index contributed by atoms with van der Waals surface area (Å²) in [5, 5.41) is 2.74. The van der Waals surface area contributed by atoms with Gasteiger partial charge in [0, 0.05) is 10.5 Å². The van der Waals surface area contributed by atoms with Gasteiger partial charge >= 0.3 is 0 Å². The summed E-state index contributed by atoms with van der Waals surface area (Å²) in [6.45, 7) is 0. The SMILES string of the molecule is O=C1C=C(c2ccc(Cl)c(Br)c2)C(=O)N1. The average Bonchev–Trinajstić information content (AvgIpc) is 2.50. The van der Waals surface area contributed by atoms with E-state index in [1.807, 2.05) is 0 Å². The maximum absolute atomic E-state index is 11.3. The van der Waals surface area contributed by atoms with Gasteiger partial charge in [-0.3, -0.25) is 14.9 Å². The Bertz CT molecular complexity index is 496. The molecule has 2 amide bonds. The molecule has 0 radical (unpaired) electrons. The van der Waals surface area contributed by atoms with Crippen LogP contribution in [0.2, 0.25) is 5.02 Å². The van der Waals surface area contributed by atoms with Crippen LogP contribution in [0.15, 0.2) is 28.7 Å². The molecule has 0 saturated heterocycles. The van der Waals surface area contributed by atoms with Crippen LogP contribution in [0.1, 0.15) is 5.56 Å². The van der Waals surface area contributed by atoms with Crippen molar-refractivity contribution >= 4 is 44.9 Å². The lowest BCUT2D eigenvalue weighted by Crippen LogP contribution is -2.21. The fourth-order valence-corrected chi connectivity index (χ4v) is 1.79. The van der Waals surface area contributed by atoms with Crippen LogP contribution in [0.4, 0.5) is 0 Å². The second-order valence-electron chi connectivity index (χ2n) is 3.01. The molecule has 0 aromatic heterocycles. The van der Waals surface area contributed by atoms with Gasteiger partial charge in [0.2, 0.25) is 0 Å². The highest BCUT2D eigenvalue weighted by Crippen LogP contribution is 2.27. The molecule has 0 saturated carbocycles. The van der Waals surface area contributed by atoms with E-state index < -0.39 is 0 Å². The van der Waals surface area contributed by atoms with Crippen LogP contribution in [0.25, 0.3) is 5.57 Å².